The molecule has 1 aliphatic carbocycles. The Hall–Kier alpha value is -0.330. The number of terminal acetylenes is 1. The molecular formula is C10H17NOS. The fourth-order valence-corrected chi connectivity index (χ4v) is 3.16. The van der Waals surface area contributed by atoms with Crippen molar-refractivity contribution < 1.29 is 4.21 Å². The molecule has 0 aromatic rings. The minimum absolute atomic E-state index is 0.354. The van der Waals surface area contributed by atoms with E-state index in [4.69, 9.17) is 6.42 Å². The third-order valence-electron chi connectivity index (χ3n) is 2.46. The molecule has 0 aliphatic heterocycles. The number of hydrogen-bond donors (Lipinski definition) is 0. The summed E-state index contributed by atoms with van der Waals surface area (Å²) in [5, 5.41) is 0.354. The van der Waals surface area contributed by atoms with Gasteiger partial charge in [0, 0.05) is 12.3 Å². The molecule has 2 nitrogen and oxygen atoms in total. The molecule has 0 radical (unpaired) electrons. The Morgan fingerprint density at radius 2 is 2.08 bits per heavy atom. The van der Waals surface area contributed by atoms with Gasteiger partial charge in [0.15, 0.2) is 0 Å². The lowest BCUT2D eigenvalue weighted by Crippen LogP contribution is -2.31. The number of nitrogens with zero attached hydrogens (tertiary/aromatic N) is 1. The first kappa shape index (κ1) is 10.7. The fraction of sp³-hybridized carbons (Fsp3) is 0.800. The monoisotopic (exact) mass is 199 g/mol. The van der Waals surface area contributed by atoms with E-state index in [2.05, 4.69) is 5.92 Å². The molecule has 0 saturated heterocycles. The maximum atomic E-state index is 11.8. The fourth-order valence-electron chi connectivity index (χ4n) is 1.71. The molecule has 74 valence electrons. The molecule has 0 spiro atoms. The van der Waals surface area contributed by atoms with Crippen LogP contribution in [0.4, 0.5) is 0 Å². The maximum Gasteiger partial charge on any atom is 0.0980 e. The first-order valence-electron chi connectivity index (χ1n) is 4.81. The van der Waals surface area contributed by atoms with Gasteiger partial charge in [-0.25, -0.2) is 8.51 Å². The Kier molecular flexibility index (Phi) is 4.47. The van der Waals surface area contributed by atoms with E-state index in [1.165, 1.54) is 19.3 Å². The van der Waals surface area contributed by atoms with Crippen molar-refractivity contribution in [2.24, 2.45) is 0 Å². The first-order chi connectivity index (χ1) is 6.25. The summed E-state index contributed by atoms with van der Waals surface area (Å²) in [6.07, 6.45) is 11.1. The van der Waals surface area contributed by atoms with Crippen LogP contribution >= 0.6 is 0 Å². The van der Waals surface area contributed by atoms with Gasteiger partial charge in [-0.1, -0.05) is 25.2 Å². The highest BCUT2D eigenvalue weighted by molar-refractivity contribution is 7.83. The predicted octanol–water partition coefficient (Wildman–Crippen LogP) is 1.55. The Labute approximate surface area is 83.3 Å². The van der Waals surface area contributed by atoms with Crippen LogP contribution in [0.1, 0.15) is 32.1 Å². The Bertz CT molecular complexity index is 215. The van der Waals surface area contributed by atoms with Crippen molar-refractivity contribution in [2.45, 2.75) is 37.4 Å². The largest absolute Gasteiger partial charge is 0.242 e. The third-order valence-corrected chi connectivity index (χ3v) is 4.24. The SMILES string of the molecule is C#CCN(C)S(=O)C1CCCCC1. The van der Waals surface area contributed by atoms with E-state index >= 15 is 0 Å². The second kappa shape index (κ2) is 5.41. The minimum Gasteiger partial charge on any atom is -0.242 e. The molecule has 1 aliphatic rings. The lowest BCUT2D eigenvalue weighted by molar-refractivity contribution is 0.481. The van der Waals surface area contributed by atoms with Gasteiger partial charge in [-0.15, -0.1) is 6.42 Å². The van der Waals surface area contributed by atoms with Crippen molar-refractivity contribution in [3.63, 3.8) is 0 Å². The highest BCUT2D eigenvalue weighted by Gasteiger charge is 2.22. The van der Waals surface area contributed by atoms with E-state index in [9.17, 15) is 4.21 Å². The molecule has 1 atom stereocenters. The zero-order chi connectivity index (χ0) is 9.68. The molecule has 1 unspecified atom stereocenters. The normalized spacial score (nSPS) is 21.3. The summed E-state index contributed by atoms with van der Waals surface area (Å²) in [4.78, 5) is 0. The molecule has 0 aromatic carbocycles. The molecule has 0 amide bonds. The van der Waals surface area contributed by atoms with Gasteiger partial charge < -0.3 is 0 Å². The summed E-state index contributed by atoms with van der Waals surface area (Å²) in [7, 11) is 0.978. The van der Waals surface area contributed by atoms with Crippen LogP contribution in [-0.2, 0) is 11.0 Å². The van der Waals surface area contributed by atoms with Crippen LogP contribution in [0.15, 0.2) is 0 Å². The summed E-state index contributed by atoms with van der Waals surface area (Å²) in [5.41, 5.74) is 0. The molecule has 1 rings (SSSR count). The molecule has 13 heavy (non-hydrogen) atoms. The number of hydrogen-bond acceptors (Lipinski definition) is 1. The van der Waals surface area contributed by atoms with Crippen LogP contribution in [0.25, 0.3) is 0 Å². The van der Waals surface area contributed by atoms with Crippen molar-refractivity contribution >= 4 is 11.0 Å². The Morgan fingerprint density at radius 1 is 1.46 bits per heavy atom. The summed E-state index contributed by atoms with van der Waals surface area (Å²) in [6, 6.07) is 0. The van der Waals surface area contributed by atoms with Crippen molar-refractivity contribution in [1.82, 2.24) is 4.31 Å². The highest BCUT2D eigenvalue weighted by atomic mass is 32.2. The first-order valence-corrected chi connectivity index (χ1v) is 5.98. The van der Waals surface area contributed by atoms with Gasteiger partial charge in [0.2, 0.25) is 0 Å². The van der Waals surface area contributed by atoms with Gasteiger partial charge in [0.25, 0.3) is 0 Å². The standard InChI is InChI=1S/C10H17NOS/c1-3-9-11(2)13(12)10-7-5-4-6-8-10/h1,10H,4-9H2,2H3. The van der Waals surface area contributed by atoms with E-state index in [0.717, 1.165) is 12.8 Å². The minimum atomic E-state index is -0.860. The topological polar surface area (TPSA) is 20.3 Å². The molecule has 0 bridgehead atoms. The summed E-state index contributed by atoms with van der Waals surface area (Å²) < 4.78 is 13.6. The zero-order valence-electron chi connectivity index (χ0n) is 8.16. The van der Waals surface area contributed by atoms with E-state index < -0.39 is 11.0 Å². The van der Waals surface area contributed by atoms with Crippen LogP contribution in [-0.4, -0.2) is 27.4 Å². The van der Waals surface area contributed by atoms with Crippen molar-refractivity contribution in [3.05, 3.63) is 0 Å². The Balaban J connectivity index is 2.41. The van der Waals surface area contributed by atoms with Crippen molar-refractivity contribution in [3.8, 4) is 12.3 Å². The molecule has 1 saturated carbocycles. The summed E-state index contributed by atoms with van der Waals surface area (Å²) >= 11 is 0. The predicted molar refractivity (Wildman–Crippen MR) is 56.5 cm³/mol. The highest BCUT2D eigenvalue weighted by Crippen LogP contribution is 2.22. The van der Waals surface area contributed by atoms with Gasteiger partial charge in [-0.3, -0.25) is 0 Å². The lowest BCUT2D eigenvalue weighted by atomic mass is 10.0. The van der Waals surface area contributed by atoms with Crippen molar-refractivity contribution in [1.29, 1.82) is 0 Å². The summed E-state index contributed by atoms with van der Waals surface area (Å²) in [6.45, 7) is 0.489. The van der Waals surface area contributed by atoms with Gasteiger partial charge in [0.05, 0.1) is 17.5 Å². The zero-order valence-corrected chi connectivity index (χ0v) is 8.98. The average molecular weight is 199 g/mol. The van der Waals surface area contributed by atoms with Gasteiger partial charge in [-0.2, -0.15) is 0 Å². The van der Waals surface area contributed by atoms with Gasteiger partial charge in [-0.05, 0) is 12.8 Å². The second-order valence-electron chi connectivity index (χ2n) is 3.53. The number of rotatable bonds is 3. The van der Waals surface area contributed by atoms with E-state index in [-0.39, 0.29) is 0 Å². The quantitative estimate of drug-likeness (QED) is 0.631. The van der Waals surface area contributed by atoms with E-state index in [0.29, 0.717) is 11.8 Å². The molecule has 0 aromatic heterocycles. The van der Waals surface area contributed by atoms with Crippen LogP contribution in [0.5, 0.6) is 0 Å². The molecule has 1 fully saturated rings. The van der Waals surface area contributed by atoms with Crippen LogP contribution in [0.2, 0.25) is 0 Å². The van der Waals surface area contributed by atoms with E-state index in [1.807, 2.05) is 7.05 Å². The van der Waals surface area contributed by atoms with Crippen LogP contribution in [0.3, 0.4) is 0 Å². The average Bonchev–Trinajstić information content (AvgIpc) is 2.18. The van der Waals surface area contributed by atoms with Crippen LogP contribution < -0.4 is 0 Å². The third kappa shape index (κ3) is 3.13. The molecule has 0 N–H and O–H groups in total. The summed E-state index contributed by atoms with van der Waals surface area (Å²) in [5.74, 6) is 2.52. The molecule has 0 heterocycles. The van der Waals surface area contributed by atoms with Crippen LogP contribution in [0, 0.1) is 12.3 Å². The van der Waals surface area contributed by atoms with Gasteiger partial charge >= 0.3 is 0 Å². The van der Waals surface area contributed by atoms with E-state index in [1.54, 1.807) is 4.31 Å². The van der Waals surface area contributed by atoms with Gasteiger partial charge in [0.1, 0.15) is 0 Å². The smallest absolute Gasteiger partial charge is 0.0980 e. The second-order valence-corrected chi connectivity index (χ2v) is 5.37. The lowest BCUT2D eigenvalue weighted by Gasteiger charge is -2.24. The molecular weight excluding hydrogens is 182 g/mol. The maximum absolute atomic E-state index is 11.8. The molecule has 3 heteroatoms. The Morgan fingerprint density at radius 3 is 2.62 bits per heavy atom. The van der Waals surface area contributed by atoms with Crippen molar-refractivity contribution in [2.75, 3.05) is 13.6 Å².